The maximum absolute atomic E-state index is 12.5. The summed E-state index contributed by atoms with van der Waals surface area (Å²) in [5.74, 6) is -0.390. The lowest BCUT2D eigenvalue weighted by atomic mass is 10.1. The number of benzene rings is 2. The van der Waals surface area contributed by atoms with Crippen LogP contribution in [-0.4, -0.2) is 52.8 Å². The molecule has 27 heavy (non-hydrogen) atoms. The van der Waals surface area contributed by atoms with Gasteiger partial charge < -0.3 is 14.9 Å². The summed E-state index contributed by atoms with van der Waals surface area (Å²) in [6.45, 7) is 3.04. The first-order valence-corrected chi connectivity index (χ1v) is 8.49. The summed E-state index contributed by atoms with van der Waals surface area (Å²) in [5.41, 5.74) is 1.02. The van der Waals surface area contributed by atoms with E-state index in [0.29, 0.717) is 43.0 Å². The van der Waals surface area contributed by atoms with Crippen LogP contribution in [0.15, 0.2) is 42.5 Å². The van der Waals surface area contributed by atoms with Gasteiger partial charge in [-0.1, -0.05) is 6.07 Å². The van der Waals surface area contributed by atoms with E-state index in [1.54, 1.807) is 29.2 Å². The number of rotatable bonds is 4. The van der Waals surface area contributed by atoms with Crippen LogP contribution in [0.1, 0.15) is 27.6 Å². The molecule has 0 aromatic heterocycles. The number of hydrogen-bond acceptors (Lipinski definition) is 6. The number of piperazine rings is 1. The Morgan fingerprint density at radius 2 is 1.74 bits per heavy atom. The second-order valence-electron chi connectivity index (χ2n) is 6.35. The van der Waals surface area contributed by atoms with Gasteiger partial charge in [-0.3, -0.25) is 19.7 Å². The molecule has 1 saturated heterocycles. The molecule has 0 aliphatic carbocycles. The number of phenolic OH excluding ortho intramolecular Hbond substituents is 1. The summed E-state index contributed by atoms with van der Waals surface area (Å²) in [7, 11) is 0. The Labute approximate surface area is 155 Å². The van der Waals surface area contributed by atoms with Crippen LogP contribution in [0.25, 0.3) is 0 Å². The summed E-state index contributed by atoms with van der Waals surface area (Å²) in [6, 6.07) is 10.6. The Kier molecular flexibility index (Phi) is 5.07. The quantitative estimate of drug-likeness (QED) is 0.504. The standard InChI is InChI=1S/C19H19N3O5/c1-13(23)14-5-6-17(18(12-14)22(26)27)20-7-9-21(10-8-20)19(25)15-3-2-4-16(24)11-15/h2-6,11-12,24H,7-10H2,1H3. The van der Waals surface area contributed by atoms with E-state index < -0.39 is 4.92 Å². The minimum atomic E-state index is -0.494. The zero-order valence-corrected chi connectivity index (χ0v) is 14.8. The molecule has 0 unspecified atom stereocenters. The van der Waals surface area contributed by atoms with Gasteiger partial charge in [-0.15, -0.1) is 0 Å². The van der Waals surface area contributed by atoms with Gasteiger partial charge in [0.25, 0.3) is 11.6 Å². The predicted molar refractivity (Wildman–Crippen MR) is 99.3 cm³/mol. The van der Waals surface area contributed by atoms with Crippen molar-refractivity contribution in [2.75, 3.05) is 31.1 Å². The first-order chi connectivity index (χ1) is 12.9. The first-order valence-electron chi connectivity index (χ1n) is 8.49. The molecule has 1 heterocycles. The van der Waals surface area contributed by atoms with Crippen LogP contribution in [0, 0.1) is 10.1 Å². The molecule has 8 heteroatoms. The second-order valence-corrected chi connectivity index (χ2v) is 6.35. The molecule has 1 aliphatic heterocycles. The molecular formula is C19H19N3O5. The first kappa shape index (κ1) is 18.4. The third kappa shape index (κ3) is 3.89. The fourth-order valence-corrected chi connectivity index (χ4v) is 3.13. The van der Waals surface area contributed by atoms with E-state index in [4.69, 9.17) is 0 Å². The van der Waals surface area contributed by atoms with Gasteiger partial charge in [-0.25, -0.2) is 0 Å². The number of nitrogens with zero attached hydrogens (tertiary/aromatic N) is 3. The Morgan fingerprint density at radius 3 is 2.33 bits per heavy atom. The van der Waals surface area contributed by atoms with Gasteiger partial charge >= 0.3 is 0 Å². The Morgan fingerprint density at radius 1 is 1.04 bits per heavy atom. The molecule has 0 saturated carbocycles. The highest BCUT2D eigenvalue weighted by Gasteiger charge is 2.27. The highest BCUT2D eigenvalue weighted by Crippen LogP contribution is 2.30. The van der Waals surface area contributed by atoms with Crippen LogP contribution in [0.3, 0.4) is 0 Å². The number of phenols is 1. The molecule has 1 fully saturated rings. The normalized spacial score (nSPS) is 14.1. The van der Waals surface area contributed by atoms with Gasteiger partial charge in [0.05, 0.1) is 4.92 Å². The molecule has 0 spiro atoms. The maximum Gasteiger partial charge on any atom is 0.293 e. The van der Waals surface area contributed by atoms with Crippen LogP contribution < -0.4 is 4.90 Å². The van der Waals surface area contributed by atoms with Crippen molar-refractivity contribution in [1.29, 1.82) is 0 Å². The van der Waals surface area contributed by atoms with E-state index in [0.717, 1.165) is 0 Å². The minimum absolute atomic E-state index is 0.0284. The van der Waals surface area contributed by atoms with Crippen molar-refractivity contribution in [2.45, 2.75) is 6.92 Å². The van der Waals surface area contributed by atoms with Crippen LogP contribution in [-0.2, 0) is 0 Å². The molecule has 1 amide bonds. The van der Waals surface area contributed by atoms with Crippen molar-refractivity contribution in [2.24, 2.45) is 0 Å². The summed E-state index contributed by atoms with van der Waals surface area (Å²) in [5, 5.41) is 20.9. The summed E-state index contributed by atoms with van der Waals surface area (Å²) in [6.07, 6.45) is 0. The van der Waals surface area contributed by atoms with Crippen molar-refractivity contribution in [1.82, 2.24) is 4.90 Å². The Bertz CT molecular complexity index is 904. The molecule has 140 valence electrons. The highest BCUT2D eigenvalue weighted by atomic mass is 16.6. The van der Waals surface area contributed by atoms with Gasteiger partial charge in [-0.2, -0.15) is 0 Å². The average molecular weight is 369 g/mol. The number of carbonyl (C=O) groups is 2. The maximum atomic E-state index is 12.5. The molecule has 0 atom stereocenters. The van der Waals surface area contributed by atoms with Crippen molar-refractivity contribution < 1.29 is 19.6 Å². The fourth-order valence-electron chi connectivity index (χ4n) is 3.13. The number of nitro groups is 1. The summed E-state index contributed by atoms with van der Waals surface area (Å²) < 4.78 is 0. The average Bonchev–Trinajstić information content (AvgIpc) is 2.67. The molecule has 0 bridgehead atoms. The lowest BCUT2D eigenvalue weighted by Crippen LogP contribution is -2.49. The summed E-state index contributed by atoms with van der Waals surface area (Å²) >= 11 is 0. The van der Waals surface area contributed by atoms with Crippen LogP contribution in [0.5, 0.6) is 5.75 Å². The Hall–Kier alpha value is -3.42. The van der Waals surface area contributed by atoms with E-state index in [2.05, 4.69) is 0 Å². The molecule has 1 aliphatic rings. The van der Waals surface area contributed by atoms with Crippen molar-refractivity contribution in [3.05, 3.63) is 63.7 Å². The molecule has 2 aromatic rings. The zero-order chi connectivity index (χ0) is 19.6. The number of anilines is 1. The fraction of sp³-hybridized carbons (Fsp3) is 0.263. The largest absolute Gasteiger partial charge is 0.508 e. The molecule has 2 aromatic carbocycles. The lowest BCUT2D eigenvalue weighted by molar-refractivity contribution is -0.384. The summed E-state index contributed by atoms with van der Waals surface area (Å²) in [4.78, 5) is 38.4. The van der Waals surface area contributed by atoms with Crippen molar-refractivity contribution >= 4 is 23.1 Å². The van der Waals surface area contributed by atoms with Crippen molar-refractivity contribution in [3.63, 3.8) is 0 Å². The minimum Gasteiger partial charge on any atom is -0.508 e. The predicted octanol–water partition coefficient (Wildman–Crippen LogP) is 2.47. The molecule has 3 rings (SSSR count). The number of hydrogen-bond donors (Lipinski definition) is 1. The van der Waals surface area contributed by atoms with E-state index in [9.17, 15) is 24.8 Å². The van der Waals surface area contributed by atoms with Crippen LogP contribution in [0.2, 0.25) is 0 Å². The van der Waals surface area contributed by atoms with E-state index in [1.165, 1.54) is 25.1 Å². The SMILES string of the molecule is CC(=O)c1ccc(N2CCN(C(=O)c3cccc(O)c3)CC2)c([N+](=O)[O-])c1. The third-order valence-corrected chi connectivity index (χ3v) is 4.58. The van der Waals surface area contributed by atoms with Gasteiger partial charge in [0.15, 0.2) is 5.78 Å². The molecule has 1 N–H and O–H groups in total. The number of ketones is 1. The van der Waals surface area contributed by atoms with Gasteiger partial charge in [0.2, 0.25) is 0 Å². The van der Waals surface area contributed by atoms with E-state index in [1.807, 2.05) is 4.90 Å². The zero-order valence-electron chi connectivity index (χ0n) is 14.8. The molecule has 0 radical (unpaired) electrons. The third-order valence-electron chi connectivity index (χ3n) is 4.58. The number of carbonyl (C=O) groups excluding carboxylic acids is 2. The smallest absolute Gasteiger partial charge is 0.293 e. The number of amides is 1. The number of Topliss-reactive ketones (excluding diaryl/α,β-unsaturated/α-hetero) is 1. The molecule has 8 nitrogen and oxygen atoms in total. The second kappa shape index (κ2) is 7.45. The Balaban J connectivity index is 1.75. The van der Waals surface area contributed by atoms with E-state index >= 15 is 0 Å². The number of aromatic hydroxyl groups is 1. The molecular weight excluding hydrogens is 350 g/mol. The van der Waals surface area contributed by atoms with E-state index in [-0.39, 0.29) is 23.1 Å². The van der Waals surface area contributed by atoms with Crippen LogP contribution in [0.4, 0.5) is 11.4 Å². The van der Waals surface area contributed by atoms with Crippen LogP contribution >= 0.6 is 0 Å². The van der Waals surface area contributed by atoms with Gasteiger partial charge in [0.1, 0.15) is 11.4 Å². The monoisotopic (exact) mass is 369 g/mol. The van der Waals surface area contributed by atoms with Crippen molar-refractivity contribution in [3.8, 4) is 5.75 Å². The van der Waals surface area contributed by atoms with Gasteiger partial charge in [-0.05, 0) is 37.3 Å². The topological polar surface area (TPSA) is 104 Å². The number of nitro benzene ring substituents is 1. The van der Waals surface area contributed by atoms with Gasteiger partial charge in [0, 0.05) is 43.4 Å². The highest BCUT2D eigenvalue weighted by molar-refractivity contribution is 5.96. The lowest BCUT2D eigenvalue weighted by Gasteiger charge is -2.35.